The van der Waals surface area contributed by atoms with Crippen LogP contribution in [0.2, 0.25) is 5.02 Å². The first-order valence-electron chi connectivity index (χ1n) is 5.75. The number of nitrogens with one attached hydrogen (secondary N) is 2. The van der Waals surface area contributed by atoms with Crippen LogP contribution < -0.4 is 10.6 Å². The molecule has 0 saturated heterocycles. The summed E-state index contributed by atoms with van der Waals surface area (Å²) in [5.41, 5.74) is 2.04. The molecule has 2 N–H and O–H groups in total. The third kappa shape index (κ3) is 3.71. The molecule has 0 aliphatic heterocycles. The molecule has 0 radical (unpaired) electrons. The molecule has 0 unspecified atom stereocenters. The highest BCUT2D eigenvalue weighted by Gasteiger charge is 2.07. The Bertz CT molecular complexity index is 664. The molecule has 0 fully saturated rings. The minimum Gasteiger partial charge on any atom is -0.308 e. The van der Waals surface area contributed by atoms with Crippen molar-refractivity contribution >= 4 is 44.9 Å². The number of aryl methyl sites for hydroxylation is 1. The summed E-state index contributed by atoms with van der Waals surface area (Å²) in [7, 11) is 0. The van der Waals surface area contributed by atoms with Crippen molar-refractivity contribution in [1.82, 2.24) is 0 Å². The summed E-state index contributed by atoms with van der Waals surface area (Å²) in [5.74, 6) is -0.527. The second-order valence-corrected chi connectivity index (χ2v) is 5.49. The van der Waals surface area contributed by atoms with Gasteiger partial charge in [0.25, 0.3) is 0 Å². The minimum absolute atomic E-state index is 0.0392. The van der Waals surface area contributed by atoms with Crippen molar-refractivity contribution < 1.29 is 9.18 Å². The van der Waals surface area contributed by atoms with Gasteiger partial charge in [-0.05, 0) is 48.9 Å². The Morgan fingerprint density at radius 1 is 1.20 bits per heavy atom. The van der Waals surface area contributed by atoms with Crippen molar-refractivity contribution in [3.63, 3.8) is 0 Å². The van der Waals surface area contributed by atoms with E-state index in [1.165, 1.54) is 18.2 Å². The van der Waals surface area contributed by atoms with Crippen LogP contribution in [0.15, 0.2) is 40.9 Å². The first kappa shape index (κ1) is 14.8. The average Bonchev–Trinajstić information content (AvgIpc) is 2.37. The number of carbonyl (C=O) groups excluding carboxylic acids is 1. The number of hydrogen-bond donors (Lipinski definition) is 2. The van der Waals surface area contributed by atoms with Gasteiger partial charge < -0.3 is 10.6 Å². The zero-order chi connectivity index (χ0) is 14.7. The van der Waals surface area contributed by atoms with Gasteiger partial charge >= 0.3 is 6.03 Å². The summed E-state index contributed by atoms with van der Waals surface area (Å²) in [6, 6.07) is 9.08. The van der Waals surface area contributed by atoms with Crippen molar-refractivity contribution in [2.45, 2.75) is 6.92 Å². The smallest absolute Gasteiger partial charge is 0.308 e. The van der Waals surface area contributed by atoms with E-state index in [0.29, 0.717) is 11.4 Å². The lowest BCUT2D eigenvalue weighted by molar-refractivity contribution is 0.262. The molecule has 2 aromatic rings. The number of urea groups is 1. The Labute approximate surface area is 129 Å². The van der Waals surface area contributed by atoms with Gasteiger partial charge in [-0.25, -0.2) is 9.18 Å². The number of halogens is 3. The Hall–Kier alpha value is -1.59. The molecule has 0 atom stereocenters. The van der Waals surface area contributed by atoms with Crippen molar-refractivity contribution in [3.8, 4) is 0 Å². The van der Waals surface area contributed by atoms with Gasteiger partial charge in [0.15, 0.2) is 0 Å². The van der Waals surface area contributed by atoms with Crippen LogP contribution in [0, 0.1) is 12.7 Å². The molecule has 104 valence electrons. The van der Waals surface area contributed by atoms with Gasteiger partial charge in [-0.3, -0.25) is 0 Å². The normalized spacial score (nSPS) is 10.2. The first-order chi connectivity index (χ1) is 9.45. The van der Waals surface area contributed by atoms with Crippen LogP contribution in [0.25, 0.3) is 0 Å². The molecule has 0 bridgehead atoms. The summed E-state index contributed by atoms with van der Waals surface area (Å²) >= 11 is 9.00. The number of amides is 2. The van der Waals surface area contributed by atoms with Crippen LogP contribution in [-0.4, -0.2) is 6.03 Å². The molecule has 0 aromatic heterocycles. The fourth-order valence-corrected chi connectivity index (χ4v) is 2.28. The van der Waals surface area contributed by atoms with Gasteiger partial charge in [0.05, 0.1) is 5.02 Å². The Balaban J connectivity index is 2.07. The summed E-state index contributed by atoms with van der Waals surface area (Å²) in [6.07, 6.45) is 0. The lowest BCUT2D eigenvalue weighted by Gasteiger charge is -2.10. The number of carbonyl (C=O) groups is 1. The fourth-order valence-electron chi connectivity index (χ4n) is 1.63. The topological polar surface area (TPSA) is 41.1 Å². The zero-order valence-corrected chi connectivity index (χ0v) is 12.8. The fraction of sp³-hybridized carbons (Fsp3) is 0.0714. The zero-order valence-electron chi connectivity index (χ0n) is 10.5. The van der Waals surface area contributed by atoms with Gasteiger partial charge in [-0.15, -0.1) is 0 Å². The SMILES string of the molecule is Cc1cc(Br)ccc1NC(=O)Nc1ccc(F)c(Cl)c1. The van der Waals surface area contributed by atoms with E-state index in [4.69, 9.17) is 11.6 Å². The summed E-state index contributed by atoms with van der Waals surface area (Å²) < 4.78 is 13.9. The van der Waals surface area contributed by atoms with Crippen LogP contribution in [0.3, 0.4) is 0 Å². The maximum atomic E-state index is 13.0. The first-order valence-corrected chi connectivity index (χ1v) is 6.92. The largest absolute Gasteiger partial charge is 0.323 e. The number of rotatable bonds is 2. The van der Waals surface area contributed by atoms with E-state index in [1.807, 2.05) is 19.1 Å². The summed E-state index contributed by atoms with van der Waals surface area (Å²) in [6.45, 7) is 1.88. The van der Waals surface area contributed by atoms with E-state index in [1.54, 1.807) is 6.07 Å². The van der Waals surface area contributed by atoms with Gasteiger partial charge in [0, 0.05) is 15.8 Å². The molecule has 0 heterocycles. The quantitative estimate of drug-likeness (QED) is 0.762. The van der Waals surface area contributed by atoms with Crippen molar-refractivity contribution in [2.24, 2.45) is 0 Å². The minimum atomic E-state index is -0.527. The standard InChI is InChI=1S/C14H11BrClFN2O/c1-8-6-9(15)2-5-13(8)19-14(20)18-10-3-4-12(17)11(16)7-10/h2-7H,1H3,(H2,18,19,20). The molecule has 3 nitrogen and oxygen atoms in total. The van der Waals surface area contributed by atoms with Crippen LogP contribution in [0.1, 0.15) is 5.56 Å². The highest BCUT2D eigenvalue weighted by molar-refractivity contribution is 9.10. The number of hydrogen-bond acceptors (Lipinski definition) is 1. The maximum absolute atomic E-state index is 13.0. The Morgan fingerprint density at radius 2 is 1.95 bits per heavy atom. The van der Waals surface area contributed by atoms with E-state index in [2.05, 4.69) is 26.6 Å². The predicted octanol–water partition coefficient (Wildman–Crippen LogP) is 5.19. The molecule has 0 aliphatic carbocycles. The lowest BCUT2D eigenvalue weighted by atomic mass is 10.2. The molecular formula is C14H11BrClFN2O. The molecule has 0 aliphatic rings. The highest BCUT2D eigenvalue weighted by atomic mass is 79.9. The number of anilines is 2. The van der Waals surface area contributed by atoms with E-state index < -0.39 is 11.8 Å². The van der Waals surface area contributed by atoms with Gasteiger partial charge in [0.2, 0.25) is 0 Å². The molecular weight excluding hydrogens is 347 g/mol. The molecule has 0 spiro atoms. The third-order valence-corrected chi connectivity index (χ3v) is 3.40. The summed E-state index contributed by atoms with van der Waals surface area (Å²) in [4.78, 5) is 11.8. The Morgan fingerprint density at radius 3 is 2.60 bits per heavy atom. The van der Waals surface area contributed by atoms with Gasteiger partial charge in [-0.2, -0.15) is 0 Å². The van der Waals surface area contributed by atoms with Crippen LogP contribution in [-0.2, 0) is 0 Å². The maximum Gasteiger partial charge on any atom is 0.323 e. The van der Waals surface area contributed by atoms with E-state index >= 15 is 0 Å². The highest BCUT2D eigenvalue weighted by Crippen LogP contribution is 2.21. The monoisotopic (exact) mass is 356 g/mol. The van der Waals surface area contributed by atoms with E-state index in [-0.39, 0.29) is 5.02 Å². The van der Waals surface area contributed by atoms with E-state index in [9.17, 15) is 9.18 Å². The second kappa shape index (κ2) is 6.24. The van der Waals surface area contributed by atoms with Crippen LogP contribution in [0.5, 0.6) is 0 Å². The second-order valence-electron chi connectivity index (χ2n) is 4.17. The Kier molecular flexibility index (Phi) is 4.62. The van der Waals surface area contributed by atoms with Crippen molar-refractivity contribution in [1.29, 1.82) is 0 Å². The van der Waals surface area contributed by atoms with E-state index in [0.717, 1.165) is 10.0 Å². The van der Waals surface area contributed by atoms with Crippen molar-refractivity contribution in [2.75, 3.05) is 10.6 Å². The lowest BCUT2D eigenvalue weighted by Crippen LogP contribution is -2.19. The van der Waals surface area contributed by atoms with Gasteiger partial charge in [-0.1, -0.05) is 27.5 Å². The predicted molar refractivity (Wildman–Crippen MR) is 82.9 cm³/mol. The molecule has 2 aromatic carbocycles. The van der Waals surface area contributed by atoms with Crippen LogP contribution >= 0.6 is 27.5 Å². The molecule has 6 heteroatoms. The molecule has 0 saturated carbocycles. The third-order valence-electron chi connectivity index (χ3n) is 2.61. The average molecular weight is 358 g/mol. The number of benzene rings is 2. The molecule has 2 amide bonds. The van der Waals surface area contributed by atoms with Gasteiger partial charge in [0.1, 0.15) is 5.82 Å². The van der Waals surface area contributed by atoms with Crippen molar-refractivity contribution in [3.05, 3.63) is 57.3 Å². The summed E-state index contributed by atoms with van der Waals surface area (Å²) in [5, 5.41) is 5.26. The molecule has 20 heavy (non-hydrogen) atoms. The molecule has 2 rings (SSSR count). The van der Waals surface area contributed by atoms with Crippen LogP contribution in [0.4, 0.5) is 20.6 Å².